The second-order valence-electron chi connectivity index (χ2n) is 6.50. The molecule has 3 N–H and O–H groups in total. The van der Waals surface area contributed by atoms with Crippen LogP contribution in [0.15, 0.2) is 54.9 Å². The van der Waals surface area contributed by atoms with E-state index in [2.05, 4.69) is 20.3 Å². The number of anilines is 2. The van der Waals surface area contributed by atoms with E-state index in [1.54, 1.807) is 6.07 Å². The smallest absolute Gasteiger partial charge is 0.149 e. The summed E-state index contributed by atoms with van der Waals surface area (Å²) in [6.45, 7) is 1.06. The molecule has 8 heteroatoms. The molecule has 0 saturated heterocycles. The van der Waals surface area contributed by atoms with Gasteiger partial charge in [-0.2, -0.15) is 5.26 Å². The molecule has 2 aromatic carbocycles. The molecule has 4 aromatic rings. The highest BCUT2D eigenvalue weighted by molar-refractivity contribution is 5.76. The highest BCUT2D eigenvalue weighted by atomic mass is 19.1. The number of benzene rings is 2. The van der Waals surface area contributed by atoms with Crippen LogP contribution in [-0.2, 0) is 13.0 Å². The molecule has 0 radical (unpaired) electrons. The van der Waals surface area contributed by atoms with Gasteiger partial charge in [-0.05, 0) is 23.8 Å². The van der Waals surface area contributed by atoms with Crippen molar-refractivity contribution in [3.8, 4) is 6.07 Å². The number of hydrogen-bond donors (Lipinski definition) is 2. The molecule has 0 saturated carbocycles. The molecule has 4 rings (SSSR count). The minimum absolute atomic E-state index is 0.136. The molecule has 0 bridgehead atoms. The zero-order valence-corrected chi connectivity index (χ0v) is 15.5. The normalized spacial score (nSPS) is 10.8. The Balaban J connectivity index is 1.61. The summed E-state index contributed by atoms with van der Waals surface area (Å²) in [5.41, 5.74) is 8.52. The summed E-state index contributed by atoms with van der Waals surface area (Å²) in [7, 11) is 0. The SMILES string of the molecule is N#Cc1c(N)ncnc1NCCc1nc2ccc(F)cc2n1Cc1ccccc1. The lowest BCUT2D eigenvalue weighted by Crippen LogP contribution is -2.13. The third-order valence-electron chi connectivity index (χ3n) is 4.60. The quantitative estimate of drug-likeness (QED) is 0.527. The van der Waals surface area contributed by atoms with Gasteiger partial charge in [0, 0.05) is 19.5 Å². The van der Waals surface area contributed by atoms with Crippen molar-refractivity contribution in [2.45, 2.75) is 13.0 Å². The predicted molar refractivity (Wildman–Crippen MR) is 109 cm³/mol. The number of rotatable bonds is 6. The maximum absolute atomic E-state index is 13.8. The minimum Gasteiger partial charge on any atom is -0.382 e. The van der Waals surface area contributed by atoms with Crippen LogP contribution in [0.3, 0.4) is 0 Å². The number of imidazole rings is 1. The Hall–Kier alpha value is -3.99. The number of nitrogens with one attached hydrogen (secondary N) is 1. The van der Waals surface area contributed by atoms with Crippen molar-refractivity contribution >= 4 is 22.7 Å². The second kappa shape index (κ2) is 7.94. The van der Waals surface area contributed by atoms with Crippen LogP contribution in [0.25, 0.3) is 11.0 Å². The lowest BCUT2D eigenvalue weighted by molar-refractivity contribution is 0.628. The van der Waals surface area contributed by atoms with Crippen molar-refractivity contribution in [1.29, 1.82) is 5.26 Å². The fourth-order valence-corrected chi connectivity index (χ4v) is 3.22. The van der Waals surface area contributed by atoms with Crippen molar-refractivity contribution < 1.29 is 4.39 Å². The largest absolute Gasteiger partial charge is 0.382 e. The van der Waals surface area contributed by atoms with Crippen molar-refractivity contribution in [3.05, 3.63) is 77.6 Å². The number of nitriles is 1. The van der Waals surface area contributed by atoms with Gasteiger partial charge in [0.1, 0.15) is 41.2 Å². The van der Waals surface area contributed by atoms with Crippen molar-refractivity contribution in [3.63, 3.8) is 0 Å². The van der Waals surface area contributed by atoms with Gasteiger partial charge >= 0.3 is 0 Å². The zero-order valence-electron chi connectivity index (χ0n) is 15.5. The second-order valence-corrected chi connectivity index (χ2v) is 6.50. The zero-order chi connectivity index (χ0) is 20.2. The molecule has 7 nitrogen and oxygen atoms in total. The first-order valence-corrected chi connectivity index (χ1v) is 9.08. The van der Waals surface area contributed by atoms with E-state index in [9.17, 15) is 9.65 Å². The summed E-state index contributed by atoms with van der Waals surface area (Å²) in [6, 6.07) is 16.6. The molecule has 0 amide bonds. The maximum Gasteiger partial charge on any atom is 0.149 e. The first-order valence-electron chi connectivity index (χ1n) is 9.08. The van der Waals surface area contributed by atoms with Crippen molar-refractivity contribution in [2.75, 3.05) is 17.6 Å². The lowest BCUT2D eigenvalue weighted by Gasteiger charge is -2.11. The molecule has 0 unspecified atom stereocenters. The van der Waals surface area contributed by atoms with Gasteiger partial charge in [0.25, 0.3) is 0 Å². The summed E-state index contributed by atoms with van der Waals surface area (Å²) in [4.78, 5) is 12.6. The molecule has 29 heavy (non-hydrogen) atoms. The number of hydrogen-bond acceptors (Lipinski definition) is 6. The summed E-state index contributed by atoms with van der Waals surface area (Å²) in [5.74, 6) is 1.03. The van der Waals surface area contributed by atoms with Crippen LogP contribution < -0.4 is 11.1 Å². The first-order chi connectivity index (χ1) is 14.2. The Morgan fingerprint density at radius 2 is 1.97 bits per heavy atom. The van der Waals surface area contributed by atoms with E-state index in [-0.39, 0.29) is 17.2 Å². The number of halogens is 1. The standard InChI is InChI=1S/C21H18FN7/c22-15-6-7-17-18(10-15)29(12-14-4-2-1-3-5-14)19(28-17)8-9-25-21-16(11-23)20(24)26-13-27-21/h1-7,10,13H,8-9,12H2,(H3,24,25,26,27). The average Bonchev–Trinajstić information content (AvgIpc) is 3.05. The maximum atomic E-state index is 13.8. The average molecular weight is 387 g/mol. The Labute approximate surface area is 166 Å². The number of nitrogens with two attached hydrogens (primary N) is 1. The van der Waals surface area contributed by atoms with Crippen LogP contribution >= 0.6 is 0 Å². The van der Waals surface area contributed by atoms with Crippen LogP contribution in [0.2, 0.25) is 0 Å². The number of nitrogen functional groups attached to an aromatic ring is 1. The molecule has 144 valence electrons. The highest BCUT2D eigenvalue weighted by Gasteiger charge is 2.13. The summed E-state index contributed by atoms with van der Waals surface area (Å²) < 4.78 is 15.9. The van der Waals surface area contributed by atoms with Crippen LogP contribution in [-0.4, -0.2) is 26.1 Å². The number of nitrogens with zero attached hydrogens (tertiary/aromatic N) is 5. The third-order valence-corrected chi connectivity index (χ3v) is 4.60. The molecule has 0 atom stereocenters. The molecular formula is C21H18FN7. The van der Waals surface area contributed by atoms with Crippen molar-refractivity contribution in [2.24, 2.45) is 0 Å². The molecular weight excluding hydrogens is 369 g/mol. The van der Waals surface area contributed by atoms with Crippen LogP contribution in [0.4, 0.5) is 16.0 Å². The van der Waals surface area contributed by atoms with E-state index in [4.69, 9.17) is 5.73 Å². The van der Waals surface area contributed by atoms with Gasteiger partial charge in [0.2, 0.25) is 0 Å². The summed E-state index contributed by atoms with van der Waals surface area (Å²) in [5, 5.41) is 12.4. The summed E-state index contributed by atoms with van der Waals surface area (Å²) in [6.07, 6.45) is 1.86. The molecule has 0 aliphatic heterocycles. The lowest BCUT2D eigenvalue weighted by atomic mass is 10.2. The molecule has 0 aliphatic carbocycles. The van der Waals surface area contributed by atoms with Gasteiger partial charge < -0.3 is 15.6 Å². The van der Waals surface area contributed by atoms with Gasteiger partial charge in [-0.15, -0.1) is 0 Å². The topological polar surface area (TPSA) is 105 Å². The Kier molecular flexibility index (Phi) is 5.03. The van der Waals surface area contributed by atoms with Gasteiger partial charge in [-0.1, -0.05) is 30.3 Å². The van der Waals surface area contributed by atoms with E-state index >= 15 is 0 Å². The van der Waals surface area contributed by atoms with Gasteiger partial charge in [0.05, 0.1) is 11.0 Å². The molecule has 0 aliphatic rings. The van der Waals surface area contributed by atoms with E-state index < -0.39 is 0 Å². The highest BCUT2D eigenvalue weighted by Crippen LogP contribution is 2.21. The first kappa shape index (κ1) is 18.4. The molecule has 0 fully saturated rings. The van der Waals surface area contributed by atoms with Crippen LogP contribution in [0.5, 0.6) is 0 Å². The van der Waals surface area contributed by atoms with Gasteiger partial charge in [-0.25, -0.2) is 19.3 Å². The van der Waals surface area contributed by atoms with E-state index in [0.717, 1.165) is 22.4 Å². The van der Waals surface area contributed by atoms with Gasteiger partial charge in [0.15, 0.2) is 0 Å². The van der Waals surface area contributed by atoms with Crippen LogP contribution in [0, 0.1) is 17.1 Å². The Morgan fingerprint density at radius 1 is 1.14 bits per heavy atom. The fourth-order valence-electron chi connectivity index (χ4n) is 3.22. The molecule has 0 spiro atoms. The van der Waals surface area contributed by atoms with Gasteiger partial charge in [-0.3, -0.25) is 0 Å². The number of fused-ring (bicyclic) bond motifs is 1. The van der Waals surface area contributed by atoms with Crippen molar-refractivity contribution in [1.82, 2.24) is 19.5 Å². The monoisotopic (exact) mass is 387 g/mol. The third kappa shape index (κ3) is 3.84. The minimum atomic E-state index is -0.300. The van der Waals surface area contributed by atoms with E-state index in [1.807, 2.05) is 41.0 Å². The molecule has 2 aromatic heterocycles. The predicted octanol–water partition coefficient (Wildman–Crippen LogP) is 3.12. The van der Waals surface area contributed by atoms with Crippen LogP contribution in [0.1, 0.15) is 17.0 Å². The molecule has 2 heterocycles. The Bertz CT molecular complexity index is 1200. The fraction of sp³-hybridized carbons (Fsp3) is 0.143. The summed E-state index contributed by atoms with van der Waals surface area (Å²) >= 11 is 0. The van der Waals surface area contributed by atoms with E-state index in [1.165, 1.54) is 18.5 Å². The Morgan fingerprint density at radius 3 is 2.76 bits per heavy atom. The number of aromatic nitrogens is 4. The van der Waals surface area contributed by atoms with E-state index in [0.29, 0.717) is 25.3 Å².